The van der Waals surface area contributed by atoms with Crippen LogP contribution in [0, 0.1) is 11.3 Å². The van der Waals surface area contributed by atoms with Gasteiger partial charge in [-0.1, -0.05) is 89.2 Å². The van der Waals surface area contributed by atoms with Gasteiger partial charge in [0, 0.05) is 6.42 Å². The van der Waals surface area contributed by atoms with E-state index >= 15 is 0 Å². The molecule has 0 aromatic carbocycles. The van der Waals surface area contributed by atoms with Crippen molar-refractivity contribution in [1.29, 1.82) is 0 Å². The molecule has 0 unspecified atom stereocenters. The molecule has 0 atom stereocenters. The van der Waals surface area contributed by atoms with Gasteiger partial charge in [-0.3, -0.25) is 4.79 Å². The molecule has 1 N–H and O–H groups in total. The molecule has 0 radical (unpaired) electrons. The van der Waals surface area contributed by atoms with E-state index in [0.717, 1.165) is 24.2 Å². The topological polar surface area (TPSA) is 37.3 Å². The van der Waals surface area contributed by atoms with Crippen LogP contribution in [0.15, 0.2) is 12.2 Å². The summed E-state index contributed by atoms with van der Waals surface area (Å²) in [7, 11) is 0. The van der Waals surface area contributed by atoms with Crippen molar-refractivity contribution in [2.75, 3.05) is 0 Å². The molecule has 0 aromatic heterocycles. The van der Waals surface area contributed by atoms with Crippen molar-refractivity contribution >= 4 is 5.97 Å². The van der Waals surface area contributed by atoms with Crippen molar-refractivity contribution in [3.05, 3.63) is 12.2 Å². The fourth-order valence-corrected chi connectivity index (χ4v) is 6.23. The number of carbonyl (C=O) groups is 1. The smallest absolute Gasteiger partial charge is 0.303 e. The monoisotopic (exact) mass is 418 g/mol. The maximum absolute atomic E-state index is 10.4. The molecule has 2 aliphatic rings. The predicted octanol–water partition coefficient (Wildman–Crippen LogP) is 9.23. The summed E-state index contributed by atoms with van der Waals surface area (Å²) in [6.45, 7) is 0. The van der Waals surface area contributed by atoms with E-state index in [-0.39, 0.29) is 0 Å². The maximum atomic E-state index is 10.4. The summed E-state index contributed by atoms with van der Waals surface area (Å²) in [6, 6.07) is 0. The van der Waals surface area contributed by atoms with Crippen LogP contribution in [-0.4, -0.2) is 11.1 Å². The molecule has 0 saturated heterocycles. The van der Waals surface area contributed by atoms with Gasteiger partial charge < -0.3 is 5.11 Å². The first-order valence-electron chi connectivity index (χ1n) is 13.6. The van der Waals surface area contributed by atoms with Crippen LogP contribution >= 0.6 is 0 Å². The number of rotatable bonds is 17. The Balaban J connectivity index is 1.35. The first kappa shape index (κ1) is 25.5. The van der Waals surface area contributed by atoms with E-state index in [4.69, 9.17) is 5.11 Å². The third kappa shape index (κ3) is 10.5. The molecule has 2 rings (SSSR count). The van der Waals surface area contributed by atoms with Crippen LogP contribution < -0.4 is 0 Å². The van der Waals surface area contributed by atoms with Gasteiger partial charge in [0.05, 0.1) is 0 Å². The Morgan fingerprint density at radius 2 is 1.20 bits per heavy atom. The molecule has 30 heavy (non-hydrogen) atoms. The van der Waals surface area contributed by atoms with Crippen LogP contribution in [0.25, 0.3) is 0 Å². The lowest BCUT2D eigenvalue weighted by atomic mass is 9.57. The highest BCUT2D eigenvalue weighted by Gasteiger charge is 2.41. The summed E-state index contributed by atoms with van der Waals surface area (Å²) in [5, 5.41) is 8.61. The van der Waals surface area contributed by atoms with E-state index in [9.17, 15) is 4.79 Å². The standard InChI is InChI=1S/C28H50O2/c29-27(30)22-14-12-10-8-6-4-2-1-3-5-7-9-11-13-17-23-28-24-18-15-20-26(28)21-16-19-25-28/h1-2,26H,3-25H2,(H,29,30). The molecular formula is C28H50O2. The third-order valence-corrected chi connectivity index (χ3v) is 8.04. The van der Waals surface area contributed by atoms with Crippen molar-refractivity contribution in [2.24, 2.45) is 11.3 Å². The predicted molar refractivity (Wildman–Crippen MR) is 129 cm³/mol. The Kier molecular flexibility index (Phi) is 13.5. The highest BCUT2D eigenvalue weighted by molar-refractivity contribution is 5.66. The van der Waals surface area contributed by atoms with Crippen LogP contribution in [-0.2, 0) is 4.79 Å². The quantitative estimate of drug-likeness (QED) is 0.189. The second-order valence-electron chi connectivity index (χ2n) is 10.4. The molecule has 174 valence electrons. The molecule has 0 amide bonds. The third-order valence-electron chi connectivity index (χ3n) is 8.04. The first-order valence-corrected chi connectivity index (χ1v) is 13.6. The summed E-state index contributed by atoms with van der Waals surface area (Å²) in [4.78, 5) is 10.4. The molecule has 0 heterocycles. The van der Waals surface area contributed by atoms with Crippen molar-refractivity contribution in [1.82, 2.24) is 0 Å². The Morgan fingerprint density at radius 1 is 0.700 bits per heavy atom. The van der Waals surface area contributed by atoms with Crippen molar-refractivity contribution in [3.63, 3.8) is 0 Å². The van der Waals surface area contributed by atoms with Gasteiger partial charge in [0.1, 0.15) is 0 Å². The van der Waals surface area contributed by atoms with E-state index in [1.807, 2.05) is 0 Å². The number of fused-ring (bicyclic) bond motifs is 1. The van der Waals surface area contributed by atoms with Crippen molar-refractivity contribution in [3.8, 4) is 0 Å². The molecular weight excluding hydrogens is 368 g/mol. The highest BCUT2D eigenvalue weighted by atomic mass is 16.4. The summed E-state index contributed by atoms with van der Waals surface area (Å²) in [5.74, 6) is 0.429. The van der Waals surface area contributed by atoms with Crippen LogP contribution in [0.3, 0.4) is 0 Å². The Labute approximate surface area is 187 Å². The van der Waals surface area contributed by atoms with E-state index in [1.165, 1.54) is 96.3 Å². The number of carboxylic acids is 1. The number of aliphatic carboxylic acids is 1. The summed E-state index contributed by atoms with van der Waals surface area (Å²) < 4.78 is 0. The molecule has 2 fully saturated rings. The summed E-state index contributed by atoms with van der Waals surface area (Å²) >= 11 is 0. The lowest BCUT2D eigenvalue weighted by Gasteiger charge is -2.48. The van der Waals surface area contributed by atoms with Gasteiger partial charge in [-0.05, 0) is 75.5 Å². The molecule has 2 heteroatoms. The first-order chi connectivity index (χ1) is 14.7. The van der Waals surface area contributed by atoms with Crippen LogP contribution in [0.5, 0.6) is 0 Å². The maximum Gasteiger partial charge on any atom is 0.303 e. The second kappa shape index (κ2) is 15.9. The number of hydrogen-bond acceptors (Lipinski definition) is 1. The molecule has 0 spiro atoms. The summed E-state index contributed by atoms with van der Waals surface area (Å²) in [5.41, 5.74) is 0.778. The minimum atomic E-state index is -0.658. The number of allylic oxidation sites excluding steroid dienone is 2. The van der Waals surface area contributed by atoms with Crippen molar-refractivity contribution < 1.29 is 9.90 Å². The fourth-order valence-electron chi connectivity index (χ4n) is 6.23. The summed E-state index contributed by atoms with van der Waals surface area (Å²) in [6.07, 6.45) is 35.5. The zero-order valence-corrected chi connectivity index (χ0v) is 19.9. The molecule has 0 aliphatic heterocycles. The van der Waals surface area contributed by atoms with Crippen LogP contribution in [0.1, 0.15) is 148 Å². The second-order valence-corrected chi connectivity index (χ2v) is 10.4. The van der Waals surface area contributed by atoms with Gasteiger partial charge >= 0.3 is 5.97 Å². The zero-order valence-electron chi connectivity index (χ0n) is 19.9. The van der Waals surface area contributed by atoms with E-state index < -0.39 is 5.97 Å². The average Bonchev–Trinajstić information content (AvgIpc) is 2.75. The van der Waals surface area contributed by atoms with E-state index in [2.05, 4.69) is 12.2 Å². The molecule has 2 aliphatic carbocycles. The molecule has 0 bridgehead atoms. The minimum absolute atomic E-state index is 0.334. The minimum Gasteiger partial charge on any atom is -0.481 e. The lowest BCUT2D eigenvalue weighted by molar-refractivity contribution is -0.137. The van der Waals surface area contributed by atoms with Gasteiger partial charge in [0.25, 0.3) is 0 Å². The van der Waals surface area contributed by atoms with Gasteiger partial charge in [-0.2, -0.15) is 0 Å². The van der Waals surface area contributed by atoms with Crippen LogP contribution in [0.4, 0.5) is 0 Å². The van der Waals surface area contributed by atoms with E-state index in [0.29, 0.717) is 6.42 Å². The Bertz CT molecular complexity index is 455. The van der Waals surface area contributed by atoms with Crippen molar-refractivity contribution in [2.45, 2.75) is 148 Å². The molecule has 2 saturated carbocycles. The van der Waals surface area contributed by atoms with Gasteiger partial charge in [0.15, 0.2) is 0 Å². The SMILES string of the molecule is O=C(O)CCCCCCCC=CCCCCCCCCC12CCCCC1CCCC2. The van der Waals surface area contributed by atoms with Gasteiger partial charge in [-0.15, -0.1) is 0 Å². The number of carboxylic acid groups (broad SMARTS) is 1. The fraction of sp³-hybridized carbons (Fsp3) is 0.893. The highest BCUT2D eigenvalue weighted by Crippen LogP contribution is 2.53. The van der Waals surface area contributed by atoms with Crippen LogP contribution in [0.2, 0.25) is 0 Å². The molecule has 0 aromatic rings. The van der Waals surface area contributed by atoms with Gasteiger partial charge in [0.2, 0.25) is 0 Å². The Morgan fingerprint density at radius 3 is 1.77 bits per heavy atom. The number of hydrogen-bond donors (Lipinski definition) is 1. The zero-order chi connectivity index (χ0) is 21.3. The number of unbranched alkanes of at least 4 members (excludes halogenated alkanes) is 11. The normalized spacial score (nSPS) is 24.2. The largest absolute Gasteiger partial charge is 0.481 e. The van der Waals surface area contributed by atoms with E-state index in [1.54, 1.807) is 32.1 Å². The Hall–Kier alpha value is -0.790. The van der Waals surface area contributed by atoms with Gasteiger partial charge in [-0.25, -0.2) is 0 Å². The average molecular weight is 419 g/mol. The molecule has 2 nitrogen and oxygen atoms in total. The lowest BCUT2D eigenvalue weighted by Crippen LogP contribution is -2.36.